The molecule has 0 spiro atoms. The van der Waals surface area contributed by atoms with Crippen LogP contribution in [0.15, 0.2) is 29.6 Å². The molecule has 0 radical (unpaired) electrons. The van der Waals surface area contributed by atoms with Crippen molar-refractivity contribution in [2.24, 2.45) is 0 Å². The summed E-state index contributed by atoms with van der Waals surface area (Å²) in [6, 6.07) is 6.29. The molecule has 0 fully saturated rings. The number of hydrogen-bond donors (Lipinski definition) is 1. The number of benzene rings is 1. The molecule has 1 nitrogen and oxygen atoms in total. The van der Waals surface area contributed by atoms with Gasteiger partial charge in [0.1, 0.15) is 5.82 Å². The third-order valence-electron chi connectivity index (χ3n) is 2.59. The topological polar surface area (TPSA) is 12.0 Å². The molecule has 2 aromatic rings. The van der Waals surface area contributed by atoms with Crippen LogP contribution in [0.25, 0.3) is 0 Å². The molecule has 1 atom stereocenters. The molecule has 0 saturated carbocycles. The van der Waals surface area contributed by atoms with Crippen LogP contribution in [0, 0.1) is 5.82 Å². The van der Waals surface area contributed by atoms with Gasteiger partial charge >= 0.3 is 0 Å². The highest BCUT2D eigenvalue weighted by Crippen LogP contribution is 2.34. The Bertz CT molecular complexity index is 542. The summed E-state index contributed by atoms with van der Waals surface area (Å²) < 4.78 is 14.0. The van der Waals surface area contributed by atoms with Gasteiger partial charge in [0.25, 0.3) is 0 Å². The maximum atomic E-state index is 14.0. The van der Waals surface area contributed by atoms with Gasteiger partial charge in [-0.2, -0.15) is 0 Å². The van der Waals surface area contributed by atoms with Crippen molar-refractivity contribution in [3.05, 3.63) is 55.9 Å². The van der Waals surface area contributed by atoms with Crippen LogP contribution in [-0.4, -0.2) is 6.54 Å². The lowest BCUT2D eigenvalue weighted by molar-refractivity contribution is 0.563. The Morgan fingerprint density at radius 1 is 1.33 bits per heavy atom. The van der Waals surface area contributed by atoms with Gasteiger partial charge in [-0.05, 0) is 30.1 Å². The fourth-order valence-electron chi connectivity index (χ4n) is 1.80. The number of thiophene rings is 1. The standard InChI is InChI=1S/C13H12Cl2FNS/c1-2-17-12(13-10(15)5-6-18-13)9-4-3-8(14)7-11(9)16/h3-7,12,17H,2H2,1H3. The lowest BCUT2D eigenvalue weighted by Crippen LogP contribution is -2.22. The van der Waals surface area contributed by atoms with Gasteiger partial charge in [-0.15, -0.1) is 11.3 Å². The van der Waals surface area contributed by atoms with E-state index in [2.05, 4.69) is 5.32 Å². The summed E-state index contributed by atoms with van der Waals surface area (Å²) >= 11 is 13.4. The largest absolute Gasteiger partial charge is 0.306 e. The molecule has 2 rings (SSSR count). The molecule has 1 N–H and O–H groups in total. The monoisotopic (exact) mass is 303 g/mol. The Labute approximate surface area is 120 Å². The Hall–Kier alpha value is -0.610. The minimum atomic E-state index is -0.321. The predicted molar refractivity (Wildman–Crippen MR) is 76.3 cm³/mol. The number of halogens is 3. The van der Waals surface area contributed by atoms with Crippen LogP contribution >= 0.6 is 34.5 Å². The highest BCUT2D eigenvalue weighted by molar-refractivity contribution is 7.10. The summed E-state index contributed by atoms with van der Waals surface area (Å²) in [5.74, 6) is -0.321. The molecule has 0 bridgehead atoms. The second-order valence-corrected chi connectivity index (χ2v) is 5.58. The molecule has 1 aromatic carbocycles. The molecular weight excluding hydrogens is 292 g/mol. The van der Waals surface area contributed by atoms with Crippen LogP contribution < -0.4 is 5.32 Å². The normalized spacial score (nSPS) is 12.7. The highest BCUT2D eigenvalue weighted by atomic mass is 35.5. The van der Waals surface area contributed by atoms with E-state index in [1.165, 1.54) is 17.4 Å². The van der Waals surface area contributed by atoms with E-state index in [1.54, 1.807) is 12.1 Å². The summed E-state index contributed by atoms with van der Waals surface area (Å²) in [7, 11) is 0. The second-order valence-electron chi connectivity index (χ2n) is 3.79. The van der Waals surface area contributed by atoms with Crippen LogP contribution in [0.2, 0.25) is 10.0 Å². The summed E-state index contributed by atoms with van der Waals surface area (Å²) in [6.45, 7) is 2.70. The van der Waals surface area contributed by atoms with E-state index >= 15 is 0 Å². The zero-order valence-electron chi connectivity index (χ0n) is 9.71. The molecule has 1 aromatic heterocycles. The van der Waals surface area contributed by atoms with E-state index in [0.29, 0.717) is 15.6 Å². The van der Waals surface area contributed by atoms with Gasteiger partial charge in [0.2, 0.25) is 0 Å². The molecule has 96 valence electrons. The van der Waals surface area contributed by atoms with E-state index in [4.69, 9.17) is 23.2 Å². The SMILES string of the molecule is CCNC(c1ccc(Cl)cc1F)c1sccc1Cl. The first-order valence-electron chi connectivity index (χ1n) is 5.54. The van der Waals surface area contributed by atoms with Gasteiger partial charge in [-0.1, -0.05) is 36.2 Å². The van der Waals surface area contributed by atoms with E-state index in [-0.39, 0.29) is 11.9 Å². The molecular formula is C13H12Cl2FNS. The zero-order valence-corrected chi connectivity index (χ0v) is 12.0. The molecule has 1 heterocycles. The smallest absolute Gasteiger partial charge is 0.129 e. The van der Waals surface area contributed by atoms with Crippen LogP contribution in [-0.2, 0) is 0 Å². The third kappa shape index (κ3) is 2.86. The molecule has 0 saturated heterocycles. The van der Waals surface area contributed by atoms with Crippen LogP contribution in [0.5, 0.6) is 0 Å². The Morgan fingerprint density at radius 3 is 2.67 bits per heavy atom. The van der Waals surface area contributed by atoms with Gasteiger partial charge in [-0.25, -0.2) is 4.39 Å². The first-order valence-corrected chi connectivity index (χ1v) is 7.18. The van der Waals surface area contributed by atoms with E-state index in [1.807, 2.05) is 18.4 Å². The second kappa shape index (κ2) is 6.02. The molecule has 18 heavy (non-hydrogen) atoms. The van der Waals surface area contributed by atoms with Crippen molar-refractivity contribution in [2.75, 3.05) is 6.54 Å². The molecule has 0 aliphatic carbocycles. The van der Waals surface area contributed by atoms with Crippen molar-refractivity contribution < 1.29 is 4.39 Å². The average Bonchev–Trinajstić information content (AvgIpc) is 2.73. The molecule has 1 unspecified atom stereocenters. The highest BCUT2D eigenvalue weighted by Gasteiger charge is 2.20. The van der Waals surface area contributed by atoms with Gasteiger partial charge in [0.05, 0.1) is 11.1 Å². The van der Waals surface area contributed by atoms with Crippen molar-refractivity contribution >= 4 is 34.5 Å². The first-order chi connectivity index (χ1) is 8.63. The molecule has 0 aliphatic heterocycles. The van der Waals surface area contributed by atoms with E-state index in [9.17, 15) is 4.39 Å². The molecule has 0 amide bonds. The Balaban J connectivity index is 2.45. The lowest BCUT2D eigenvalue weighted by atomic mass is 10.0. The average molecular weight is 304 g/mol. The van der Waals surface area contributed by atoms with Gasteiger partial charge < -0.3 is 5.32 Å². The molecule has 5 heteroatoms. The van der Waals surface area contributed by atoms with Crippen molar-refractivity contribution in [3.63, 3.8) is 0 Å². The predicted octanol–water partition coefficient (Wildman–Crippen LogP) is 4.89. The molecule has 0 aliphatic rings. The van der Waals surface area contributed by atoms with Crippen LogP contribution in [0.1, 0.15) is 23.4 Å². The Kier molecular flexibility index (Phi) is 4.62. The summed E-state index contributed by atoms with van der Waals surface area (Å²) in [6.07, 6.45) is 0. The van der Waals surface area contributed by atoms with Gasteiger partial charge in [0.15, 0.2) is 0 Å². The number of hydrogen-bond acceptors (Lipinski definition) is 2. The minimum absolute atomic E-state index is 0.236. The maximum absolute atomic E-state index is 14.0. The van der Waals surface area contributed by atoms with Crippen LogP contribution in [0.4, 0.5) is 4.39 Å². The first kappa shape index (κ1) is 13.8. The maximum Gasteiger partial charge on any atom is 0.129 e. The van der Waals surface area contributed by atoms with Crippen molar-refractivity contribution in [1.29, 1.82) is 0 Å². The van der Waals surface area contributed by atoms with Crippen molar-refractivity contribution in [1.82, 2.24) is 5.32 Å². The van der Waals surface area contributed by atoms with Crippen molar-refractivity contribution in [3.8, 4) is 0 Å². The van der Waals surface area contributed by atoms with Gasteiger partial charge in [0, 0.05) is 15.5 Å². The van der Waals surface area contributed by atoms with Crippen molar-refractivity contribution in [2.45, 2.75) is 13.0 Å². The lowest BCUT2D eigenvalue weighted by Gasteiger charge is -2.18. The Morgan fingerprint density at radius 2 is 2.11 bits per heavy atom. The summed E-state index contributed by atoms with van der Waals surface area (Å²) in [4.78, 5) is 0.916. The van der Waals surface area contributed by atoms with E-state index in [0.717, 1.165) is 11.4 Å². The van der Waals surface area contributed by atoms with Crippen LogP contribution in [0.3, 0.4) is 0 Å². The quantitative estimate of drug-likeness (QED) is 0.847. The fraction of sp³-hybridized carbons (Fsp3) is 0.231. The zero-order chi connectivity index (χ0) is 13.1. The summed E-state index contributed by atoms with van der Waals surface area (Å²) in [5.41, 5.74) is 0.561. The van der Waals surface area contributed by atoms with Gasteiger partial charge in [-0.3, -0.25) is 0 Å². The number of rotatable bonds is 4. The minimum Gasteiger partial charge on any atom is -0.306 e. The number of nitrogens with one attached hydrogen (secondary N) is 1. The third-order valence-corrected chi connectivity index (χ3v) is 4.25. The fourth-order valence-corrected chi connectivity index (χ4v) is 3.21. The van der Waals surface area contributed by atoms with E-state index < -0.39 is 0 Å². The summed E-state index contributed by atoms with van der Waals surface area (Å²) in [5, 5.41) is 6.19.